The van der Waals surface area contributed by atoms with Crippen molar-refractivity contribution in [2.75, 3.05) is 5.73 Å². The van der Waals surface area contributed by atoms with E-state index in [4.69, 9.17) is 10.7 Å². The first-order valence-electron chi connectivity index (χ1n) is 8.18. The van der Waals surface area contributed by atoms with Gasteiger partial charge in [-0.1, -0.05) is 12.1 Å². The van der Waals surface area contributed by atoms with Crippen molar-refractivity contribution in [1.29, 1.82) is 0 Å². The summed E-state index contributed by atoms with van der Waals surface area (Å²) in [4.78, 5) is 8.27. The van der Waals surface area contributed by atoms with E-state index in [0.29, 0.717) is 0 Å². The number of anilines is 1. The molecule has 0 amide bonds. The van der Waals surface area contributed by atoms with Crippen LogP contribution in [0.1, 0.15) is 48.6 Å². The molecule has 3 N–H and O–H groups in total. The Morgan fingerprint density at radius 2 is 1.64 bits per heavy atom. The lowest BCUT2D eigenvalue weighted by molar-refractivity contribution is 0.359. The minimum absolute atomic E-state index is 0.756. The zero-order valence-electron chi connectivity index (χ0n) is 12.5. The molecule has 0 atom stereocenters. The number of hydrogen-bond donors (Lipinski definition) is 2. The number of nitrogens with two attached hydrogens (primary N) is 1. The highest BCUT2D eigenvalue weighted by Crippen LogP contribution is 2.50. The van der Waals surface area contributed by atoms with Gasteiger partial charge in [-0.3, -0.25) is 0 Å². The van der Waals surface area contributed by atoms with E-state index < -0.39 is 0 Å². The third-order valence-electron chi connectivity index (χ3n) is 5.51. The lowest BCUT2D eigenvalue weighted by Gasteiger charge is -2.38. The van der Waals surface area contributed by atoms with Crippen molar-refractivity contribution in [3.05, 3.63) is 47.5 Å². The summed E-state index contributed by atoms with van der Waals surface area (Å²) in [6.07, 6.45) is 5.42. The van der Waals surface area contributed by atoms with Gasteiger partial charge in [0.15, 0.2) is 0 Å². The minimum Gasteiger partial charge on any atom is -0.398 e. The average molecular weight is 289 g/mol. The van der Waals surface area contributed by atoms with Crippen molar-refractivity contribution in [1.82, 2.24) is 9.97 Å². The SMILES string of the molecule is Nc1ccccc1-c1nc2cc3c(cc2[nH]1)C1CCC3CC1. The minimum atomic E-state index is 0.756. The van der Waals surface area contributed by atoms with Crippen LogP contribution in [0.2, 0.25) is 0 Å². The van der Waals surface area contributed by atoms with Crippen LogP contribution in [-0.2, 0) is 0 Å². The molecule has 2 aromatic carbocycles. The predicted molar refractivity (Wildman–Crippen MR) is 89.9 cm³/mol. The Bertz CT molecular complexity index is 821. The molecular weight excluding hydrogens is 270 g/mol. The molecule has 2 bridgehead atoms. The molecule has 1 fully saturated rings. The molecule has 1 saturated carbocycles. The number of nitrogen functional groups attached to an aromatic ring is 1. The smallest absolute Gasteiger partial charge is 0.140 e. The van der Waals surface area contributed by atoms with Gasteiger partial charge in [-0.2, -0.15) is 0 Å². The zero-order chi connectivity index (χ0) is 14.7. The van der Waals surface area contributed by atoms with Crippen LogP contribution in [0.3, 0.4) is 0 Å². The number of nitrogens with zero attached hydrogens (tertiary/aromatic N) is 1. The van der Waals surface area contributed by atoms with E-state index in [1.165, 1.54) is 25.7 Å². The van der Waals surface area contributed by atoms with Crippen LogP contribution in [0.4, 0.5) is 5.69 Å². The molecule has 0 unspecified atom stereocenters. The molecule has 6 rings (SSSR count). The number of H-pyrrole nitrogens is 1. The van der Waals surface area contributed by atoms with E-state index >= 15 is 0 Å². The van der Waals surface area contributed by atoms with Crippen LogP contribution < -0.4 is 5.73 Å². The van der Waals surface area contributed by atoms with Crippen molar-refractivity contribution in [2.45, 2.75) is 37.5 Å². The lowest BCUT2D eigenvalue weighted by atomic mass is 9.67. The number of aromatic nitrogens is 2. The van der Waals surface area contributed by atoms with Gasteiger partial charge in [0.1, 0.15) is 5.82 Å². The summed E-state index contributed by atoms with van der Waals surface area (Å²) in [6.45, 7) is 0. The second-order valence-corrected chi connectivity index (χ2v) is 6.72. The van der Waals surface area contributed by atoms with Gasteiger partial charge >= 0.3 is 0 Å². The van der Waals surface area contributed by atoms with E-state index in [1.807, 2.05) is 24.3 Å². The fourth-order valence-electron chi connectivity index (χ4n) is 4.35. The zero-order valence-corrected chi connectivity index (χ0v) is 12.5. The molecule has 3 nitrogen and oxygen atoms in total. The van der Waals surface area contributed by atoms with Gasteiger partial charge in [0.05, 0.1) is 11.0 Å². The topological polar surface area (TPSA) is 54.7 Å². The van der Waals surface area contributed by atoms with Crippen molar-refractivity contribution in [3.8, 4) is 11.4 Å². The molecule has 3 aliphatic rings. The Morgan fingerprint density at radius 3 is 2.36 bits per heavy atom. The normalized spacial score (nSPS) is 22.9. The number of aromatic amines is 1. The van der Waals surface area contributed by atoms with Gasteiger partial charge in [0.2, 0.25) is 0 Å². The molecule has 0 radical (unpaired) electrons. The standard InChI is InChI=1S/C19H19N3/c20-16-4-2-1-3-13(16)19-21-17-9-14-11-5-6-12(8-7-11)15(14)10-18(17)22-19/h1-4,9-12H,5-8,20H2,(H,21,22). The first kappa shape index (κ1) is 12.3. The molecule has 3 aromatic rings. The summed E-state index contributed by atoms with van der Waals surface area (Å²) in [6, 6.07) is 12.6. The molecule has 1 heterocycles. The predicted octanol–water partition coefficient (Wildman–Crippen LogP) is 4.57. The van der Waals surface area contributed by atoms with Crippen LogP contribution in [0.5, 0.6) is 0 Å². The fourth-order valence-corrected chi connectivity index (χ4v) is 4.35. The molecule has 0 aliphatic heterocycles. The third kappa shape index (κ3) is 1.65. The number of nitrogens with one attached hydrogen (secondary N) is 1. The molecule has 0 spiro atoms. The second-order valence-electron chi connectivity index (χ2n) is 6.72. The number of para-hydroxylation sites is 1. The molecule has 0 saturated heterocycles. The average Bonchev–Trinajstić information content (AvgIpc) is 2.97. The highest BCUT2D eigenvalue weighted by atomic mass is 14.9. The second kappa shape index (κ2) is 4.35. The first-order valence-corrected chi connectivity index (χ1v) is 8.18. The maximum absolute atomic E-state index is 6.09. The van der Waals surface area contributed by atoms with Crippen molar-refractivity contribution >= 4 is 16.7 Å². The highest BCUT2D eigenvalue weighted by Gasteiger charge is 2.33. The highest BCUT2D eigenvalue weighted by molar-refractivity contribution is 5.84. The van der Waals surface area contributed by atoms with Crippen LogP contribution in [0, 0.1) is 0 Å². The molecular formula is C19H19N3. The Morgan fingerprint density at radius 1 is 0.955 bits per heavy atom. The number of rotatable bonds is 1. The van der Waals surface area contributed by atoms with Gasteiger partial charge in [-0.25, -0.2) is 4.98 Å². The lowest BCUT2D eigenvalue weighted by Crippen LogP contribution is -2.21. The molecule has 110 valence electrons. The molecule has 3 aliphatic carbocycles. The number of hydrogen-bond acceptors (Lipinski definition) is 2. The number of benzene rings is 2. The van der Waals surface area contributed by atoms with E-state index in [0.717, 1.165) is 39.9 Å². The summed E-state index contributed by atoms with van der Waals surface area (Å²) in [7, 11) is 0. The first-order chi connectivity index (χ1) is 10.8. The van der Waals surface area contributed by atoms with Gasteiger partial charge in [-0.05, 0) is 72.9 Å². The van der Waals surface area contributed by atoms with E-state index in [-0.39, 0.29) is 0 Å². The fraction of sp³-hybridized carbons (Fsp3) is 0.316. The van der Waals surface area contributed by atoms with E-state index in [9.17, 15) is 0 Å². The summed E-state index contributed by atoms with van der Waals surface area (Å²) >= 11 is 0. The monoisotopic (exact) mass is 289 g/mol. The summed E-state index contributed by atoms with van der Waals surface area (Å²) < 4.78 is 0. The molecule has 3 heteroatoms. The third-order valence-corrected chi connectivity index (χ3v) is 5.51. The largest absolute Gasteiger partial charge is 0.398 e. The number of fused-ring (bicyclic) bond motifs is 3. The Balaban J connectivity index is 1.70. The van der Waals surface area contributed by atoms with Crippen molar-refractivity contribution in [2.24, 2.45) is 0 Å². The van der Waals surface area contributed by atoms with Gasteiger partial charge < -0.3 is 10.7 Å². The maximum Gasteiger partial charge on any atom is 0.140 e. The van der Waals surface area contributed by atoms with Crippen LogP contribution >= 0.6 is 0 Å². The number of imidazole rings is 1. The van der Waals surface area contributed by atoms with E-state index in [2.05, 4.69) is 17.1 Å². The van der Waals surface area contributed by atoms with Gasteiger partial charge in [0.25, 0.3) is 0 Å². The van der Waals surface area contributed by atoms with Gasteiger partial charge in [-0.15, -0.1) is 0 Å². The Labute approximate surface area is 129 Å². The van der Waals surface area contributed by atoms with Crippen molar-refractivity contribution in [3.63, 3.8) is 0 Å². The summed E-state index contributed by atoms with van der Waals surface area (Å²) in [5.74, 6) is 2.40. The molecule has 22 heavy (non-hydrogen) atoms. The summed E-state index contributed by atoms with van der Waals surface area (Å²) in [5, 5.41) is 0. The van der Waals surface area contributed by atoms with Crippen LogP contribution in [0.25, 0.3) is 22.4 Å². The maximum atomic E-state index is 6.09. The molecule has 1 aromatic heterocycles. The van der Waals surface area contributed by atoms with Crippen LogP contribution in [-0.4, -0.2) is 9.97 Å². The van der Waals surface area contributed by atoms with Gasteiger partial charge in [0, 0.05) is 11.3 Å². The van der Waals surface area contributed by atoms with Crippen molar-refractivity contribution < 1.29 is 0 Å². The Kier molecular flexibility index (Phi) is 2.43. The summed E-state index contributed by atoms with van der Waals surface area (Å²) in [5.41, 5.74) is 13.2. The quantitative estimate of drug-likeness (QED) is 0.645. The van der Waals surface area contributed by atoms with E-state index in [1.54, 1.807) is 11.1 Å². The van der Waals surface area contributed by atoms with Crippen LogP contribution in [0.15, 0.2) is 36.4 Å². The Hall–Kier alpha value is -2.29.